The number of nitrogens with one attached hydrogen (secondary N) is 1. The van der Waals surface area contributed by atoms with Gasteiger partial charge in [0.2, 0.25) is 0 Å². The first-order valence-electron chi connectivity index (χ1n) is 6.92. The van der Waals surface area contributed by atoms with Gasteiger partial charge in [-0.25, -0.2) is 0 Å². The van der Waals surface area contributed by atoms with Crippen LogP contribution >= 0.6 is 0 Å². The van der Waals surface area contributed by atoms with E-state index in [0.29, 0.717) is 17.9 Å². The van der Waals surface area contributed by atoms with Crippen LogP contribution in [0.3, 0.4) is 0 Å². The molecule has 0 spiro atoms. The Morgan fingerprint density at radius 2 is 2.00 bits per heavy atom. The van der Waals surface area contributed by atoms with Crippen molar-refractivity contribution in [3.05, 3.63) is 29.8 Å². The molecular formula is C16H26N2. The zero-order valence-electron chi connectivity index (χ0n) is 12.1. The van der Waals surface area contributed by atoms with Gasteiger partial charge >= 0.3 is 0 Å². The first kappa shape index (κ1) is 13.4. The minimum Gasteiger partial charge on any atom is -0.378 e. The van der Waals surface area contributed by atoms with E-state index in [1.807, 2.05) is 0 Å². The van der Waals surface area contributed by atoms with Crippen molar-refractivity contribution >= 4 is 5.69 Å². The highest BCUT2D eigenvalue weighted by Gasteiger charge is 2.47. The van der Waals surface area contributed by atoms with E-state index in [4.69, 9.17) is 5.73 Å². The van der Waals surface area contributed by atoms with Crippen LogP contribution in [0.15, 0.2) is 24.3 Å². The molecule has 1 aromatic carbocycles. The van der Waals surface area contributed by atoms with Crippen molar-refractivity contribution in [2.24, 2.45) is 17.1 Å². The van der Waals surface area contributed by atoms with E-state index >= 15 is 0 Å². The van der Waals surface area contributed by atoms with E-state index in [1.165, 1.54) is 17.7 Å². The Morgan fingerprint density at radius 3 is 2.50 bits per heavy atom. The third-order valence-corrected chi connectivity index (χ3v) is 4.49. The lowest BCUT2D eigenvalue weighted by Crippen LogP contribution is -2.48. The second-order valence-corrected chi connectivity index (χ2v) is 6.75. The number of nitrogens with two attached hydrogens (primary N) is 1. The maximum absolute atomic E-state index is 6.12. The van der Waals surface area contributed by atoms with E-state index in [9.17, 15) is 0 Å². The molecule has 0 heterocycles. The predicted octanol–water partition coefficient (Wildman–Crippen LogP) is 3.56. The molecule has 1 saturated carbocycles. The highest BCUT2D eigenvalue weighted by atomic mass is 15.0. The molecule has 1 aromatic rings. The number of aryl methyl sites for hydroxylation is 1. The quantitative estimate of drug-likeness (QED) is 0.856. The predicted molar refractivity (Wildman–Crippen MR) is 78.8 cm³/mol. The minimum absolute atomic E-state index is 0.0512. The van der Waals surface area contributed by atoms with Gasteiger partial charge in [-0.15, -0.1) is 0 Å². The molecule has 18 heavy (non-hydrogen) atoms. The summed E-state index contributed by atoms with van der Waals surface area (Å²) in [6.07, 6.45) is 2.38. The van der Waals surface area contributed by atoms with E-state index in [0.717, 1.165) is 6.42 Å². The average Bonchev–Trinajstić information content (AvgIpc) is 2.52. The van der Waals surface area contributed by atoms with Gasteiger partial charge in [0, 0.05) is 12.2 Å². The van der Waals surface area contributed by atoms with Crippen molar-refractivity contribution in [1.82, 2.24) is 0 Å². The number of rotatable bonds is 3. The van der Waals surface area contributed by atoms with Crippen LogP contribution in [-0.4, -0.2) is 12.1 Å². The summed E-state index contributed by atoms with van der Waals surface area (Å²) in [5, 5.41) is 3.75. The fraction of sp³-hybridized carbons (Fsp3) is 0.625. The molecule has 0 bridgehead atoms. The number of anilines is 1. The third-order valence-electron chi connectivity index (χ3n) is 4.49. The van der Waals surface area contributed by atoms with Gasteiger partial charge in [0.15, 0.2) is 0 Å². The minimum atomic E-state index is 0.0512. The number of hydrogen-bond donors (Lipinski definition) is 2. The van der Waals surface area contributed by atoms with Crippen molar-refractivity contribution in [1.29, 1.82) is 0 Å². The van der Waals surface area contributed by atoms with Crippen molar-refractivity contribution in [3.8, 4) is 0 Å². The van der Waals surface area contributed by atoms with Crippen molar-refractivity contribution in [2.45, 2.75) is 46.1 Å². The molecule has 2 atom stereocenters. The standard InChI is InChI=1S/C16H26N2/c1-12-7-5-6-8-14(12)18-16(11-17)10-15(3,4)9-13(16)2/h5-8,13,18H,9-11,17H2,1-4H3. The van der Waals surface area contributed by atoms with E-state index in [-0.39, 0.29) is 5.54 Å². The van der Waals surface area contributed by atoms with E-state index in [2.05, 4.69) is 57.3 Å². The zero-order valence-corrected chi connectivity index (χ0v) is 12.1. The summed E-state index contributed by atoms with van der Waals surface area (Å²) in [4.78, 5) is 0. The van der Waals surface area contributed by atoms with E-state index in [1.54, 1.807) is 0 Å². The molecule has 0 aromatic heterocycles. The molecule has 3 N–H and O–H groups in total. The highest BCUT2D eigenvalue weighted by Crippen LogP contribution is 2.48. The third kappa shape index (κ3) is 2.39. The number of benzene rings is 1. The summed E-state index contributed by atoms with van der Waals surface area (Å²) < 4.78 is 0. The molecule has 2 unspecified atom stereocenters. The Bertz CT molecular complexity index is 425. The molecule has 1 aliphatic carbocycles. The topological polar surface area (TPSA) is 38.0 Å². The molecule has 0 amide bonds. The summed E-state index contributed by atoms with van der Waals surface area (Å²) in [5.74, 6) is 0.608. The first-order valence-corrected chi connectivity index (χ1v) is 6.92. The van der Waals surface area contributed by atoms with Gasteiger partial charge in [-0.2, -0.15) is 0 Å². The van der Waals surface area contributed by atoms with Crippen LogP contribution in [-0.2, 0) is 0 Å². The summed E-state index contributed by atoms with van der Waals surface area (Å²) in [7, 11) is 0. The molecule has 100 valence electrons. The van der Waals surface area contributed by atoms with Gasteiger partial charge in [-0.3, -0.25) is 0 Å². The summed E-state index contributed by atoms with van der Waals surface area (Å²) in [6.45, 7) is 9.87. The number of para-hydroxylation sites is 1. The molecule has 2 heteroatoms. The molecule has 0 radical (unpaired) electrons. The van der Waals surface area contributed by atoms with Gasteiger partial charge in [-0.1, -0.05) is 39.0 Å². The monoisotopic (exact) mass is 246 g/mol. The molecule has 2 nitrogen and oxygen atoms in total. The first-order chi connectivity index (χ1) is 8.38. The molecule has 0 aliphatic heterocycles. The molecule has 0 saturated heterocycles. The zero-order chi connectivity index (χ0) is 13.4. The van der Waals surface area contributed by atoms with Crippen LogP contribution in [0.25, 0.3) is 0 Å². The van der Waals surface area contributed by atoms with Crippen molar-refractivity contribution < 1.29 is 0 Å². The molecular weight excluding hydrogens is 220 g/mol. The largest absolute Gasteiger partial charge is 0.378 e. The normalized spacial score (nSPS) is 30.4. The Morgan fingerprint density at radius 1 is 1.33 bits per heavy atom. The van der Waals surface area contributed by atoms with E-state index < -0.39 is 0 Å². The van der Waals surface area contributed by atoms with Crippen molar-refractivity contribution in [3.63, 3.8) is 0 Å². The maximum atomic E-state index is 6.12. The van der Waals surface area contributed by atoms with Gasteiger partial charge in [0.25, 0.3) is 0 Å². The number of hydrogen-bond acceptors (Lipinski definition) is 2. The van der Waals surface area contributed by atoms with Crippen LogP contribution in [0.2, 0.25) is 0 Å². The molecule has 1 fully saturated rings. The SMILES string of the molecule is Cc1ccccc1NC1(CN)CC(C)(C)CC1C. The lowest BCUT2D eigenvalue weighted by Gasteiger charge is -2.36. The van der Waals surface area contributed by atoms with Gasteiger partial charge in [-0.05, 0) is 42.7 Å². The lowest BCUT2D eigenvalue weighted by molar-refractivity contribution is 0.350. The van der Waals surface area contributed by atoms with Crippen molar-refractivity contribution in [2.75, 3.05) is 11.9 Å². The highest BCUT2D eigenvalue weighted by molar-refractivity contribution is 5.53. The Hall–Kier alpha value is -1.02. The Kier molecular flexibility index (Phi) is 3.41. The maximum Gasteiger partial charge on any atom is 0.0526 e. The summed E-state index contributed by atoms with van der Waals surface area (Å²) >= 11 is 0. The second-order valence-electron chi connectivity index (χ2n) is 6.75. The Labute approximate surface area is 111 Å². The van der Waals surface area contributed by atoms with Gasteiger partial charge in [0.05, 0.1) is 5.54 Å². The Balaban J connectivity index is 2.27. The van der Waals surface area contributed by atoms with Crippen LogP contribution in [0.1, 0.15) is 39.2 Å². The lowest BCUT2D eigenvalue weighted by atomic mass is 9.86. The second kappa shape index (κ2) is 4.58. The fourth-order valence-corrected chi connectivity index (χ4v) is 3.60. The van der Waals surface area contributed by atoms with Gasteiger partial charge < -0.3 is 11.1 Å². The summed E-state index contributed by atoms with van der Waals surface area (Å²) in [6, 6.07) is 8.48. The van der Waals surface area contributed by atoms with Crippen LogP contribution in [0.4, 0.5) is 5.69 Å². The summed E-state index contributed by atoms with van der Waals surface area (Å²) in [5.41, 5.74) is 9.07. The van der Waals surface area contributed by atoms with Crippen LogP contribution in [0, 0.1) is 18.3 Å². The van der Waals surface area contributed by atoms with Crippen LogP contribution < -0.4 is 11.1 Å². The average molecular weight is 246 g/mol. The molecule has 2 rings (SSSR count). The smallest absolute Gasteiger partial charge is 0.0526 e. The van der Waals surface area contributed by atoms with Crippen LogP contribution in [0.5, 0.6) is 0 Å². The molecule has 1 aliphatic rings. The van der Waals surface area contributed by atoms with Gasteiger partial charge in [0.1, 0.15) is 0 Å². The fourth-order valence-electron chi connectivity index (χ4n) is 3.60.